The van der Waals surface area contributed by atoms with Crippen LogP contribution in [0, 0.1) is 0 Å². The number of ether oxygens (including phenoxy) is 1. The number of hydrogen-bond donors (Lipinski definition) is 1. The van der Waals surface area contributed by atoms with Crippen LogP contribution >= 0.6 is 0 Å². The highest BCUT2D eigenvalue weighted by Crippen LogP contribution is 2.25. The molecule has 0 aliphatic carbocycles. The van der Waals surface area contributed by atoms with Gasteiger partial charge in [-0.25, -0.2) is 4.79 Å². The van der Waals surface area contributed by atoms with E-state index in [1.54, 1.807) is 6.92 Å². The van der Waals surface area contributed by atoms with Gasteiger partial charge in [0.05, 0.1) is 6.10 Å². The molecule has 22 heavy (non-hydrogen) atoms. The maximum Gasteiger partial charge on any atom is 0.333 e. The molecule has 0 aromatic carbocycles. The molecule has 1 atom stereocenters. The summed E-state index contributed by atoms with van der Waals surface area (Å²) in [5, 5.41) is 10.2. The molecule has 0 spiro atoms. The minimum atomic E-state index is -2.52. The molecule has 5 nitrogen and oxygen atoms in total. The molecule has 0 aromatic heterocycles. The fraction of sp³-hybridized carbons (Fsp3) is 0.786. The molecule has 0 heterocycles. The predicted octanol–water partition coefficient (Wildman–Crippen LogP) is 3.24. The lowest BCUT2D eigenvalue weighted by atomic mass is 10.3. The van der Waals surface area contributed by atoms with Crippen LogP contribution in [0.3, 0.4) is 0 Å². The standard InChI is InChI=1S/C14H32O5Si3/c1-12(2)14(16)17-10-13(15)11-22(9,18-20(3,4)5)19-21(6,7)8/h13,15H,1,10-11H2,2-9H3. The summed E-state index contributed by atoms with van der Waals surface area (Å²) in [5.74, 6) is -0.486. The topological polar surface area (TPSA) is 65.0 Å². The first-order valence-corrected chi connectivity index (χ1v) is 16.9. The molecule has 0 aliphatic rings. The summed E-state index contributed by atoms with van der Waals surface area (Å²) in [6, 6.07) is 0.394. The Morgan fingerprint density at radius 1 is 1.05 bits per heavy atom. The molecule has 0 rings (SSSR count). The smallest absolute Gasteiger partial charge is 0.333 e. The van der Waals surface area contributed by atoms with Gasteiger partial charge in [0.15, 0.2) is 16.6 Å². The molecule has 0 bridgehead atoms. The summed E-state index contributed by atoms with van der Waals surface area (Å²) in [6.45, 7) is 19.7. The average Bonchev–Trinajstić information content (AvgIpc) is 2.18. The minimum Gasteiger partial charge on any atom is -0.460 e. The number of hydrogen-bond acceptors (Lipinski definition) is 5. The molecule has 0 saturated heterocycles. The van der Waals surface area contributed by atoms with Gasteiger partial charge in [-0.15, -0.1) is 0 Å². The second-order valence-corrected chi connectivity index (χ2v) is 20.6. The van der Waals surface area contributed by atoms with E-state index in [9.17, 15) is 9.90 Å². The fourth-order valence-corrected chi connectivity index (χ4v) is 14.7. The Kier molecular flexibility index (Phi) is 7.93. The zero-order valence-corrected chi connectivity index (χ0v) is 18.3. The van der Waals surface area contributed by atoms with Crippen LogP contribution < -0.4 is 0 Å². The first-order valence-electron chi connectivity index (χ1n) is 7.55. The average molecular weight is 365 g/mol. The SMILES string of the molecule is C=C(C)C(=O)OCC(O)C[Si](C)(O[Si](C)(C)C)O[Si](C)(C)C. The highest BCUT2D eigenvalue weighted by molar-refractivity contribution is 6.87. The van der Waals surface area contributed by atoms with Crippen molar-refractivity contribution in [3.8, 4) is 0 Å². The number of aliphatic hydroxyl groups excluding tert-OH is 1. The molecular weight excluding hydrogens is 332 g/mol. The van der Waals surface area contributed by atoms with E-state index < -0.39 is 37.3 Å². The van der Waals surface area contributed by atoms with Crippen molar-refractivity contribution in [1.29, 1.82) is 0 Å². The van der Waals surface area contributed by atoms with Crippen molar-refractivity contribution < 1.29 is 22.9 Å². The molecule has 1 unspecified atom stereocenters. The Labute approximate surface area is 138 Å². The van der Waals surface area contributed by atoms with E-state index in [-0.39, 0.29) is 6.61 Å². The lowest BCUT2D eigenvalue weighted by Gasteiger charge is -2.39. The van der Waals surface area contributed by atoms with Crippen molar-refractivity contribution >= 4 is 31.2 Å². The molecule has 0 amide bonds. The molecule has 0 radical (unpaired) electrons. The maximum absolute atomic E-state index is 11.4. The van der Waals surface area contributed by atoms with Crippen LogP contribution in [-0.4, -0.2) is 49.0 Å². The summed E-state index contributed by atoms with van der Waals surface area (Å²) in [6.07, 6.45) is -0.785. The molecule has 0 fully saturated rings. The predicted molar refractivity (Wildman–Crippen MR) is 97.1 cm³/mol. The Bertz CT molecular complexity index is 382. The first kappa shape index (κ1) is 21.7. The quantitative estimate of drug-likeness (QED) is 0.386. The van der Waals surface area contributed by atoms with E-state index in [1.165, 1.54) is 0 Å². The summed E-state index contributed by atoms with van der Waals surface area (Å²) < 4.78 is 17.6. The highest BCUT2D eigenvalue weighted by atomic mass is 28.5. The van der Waals surface area contributed by atoms with Crippen LogP contribution in [-0.2, 0) is 17.8 Å². The Hall–Kier alpha value is -0.259. The zero-order valence-electron chi connectivity index (χ0n) is 15.3. The van der Waals surface area contributed by atoms with Gasteiger partial charge in [-0.05, 0) is 52.8 Å². The zero-order chi connectivity index (χ0) is 17.8. The number of carbonyl (C=O) groups is 1. The lowest BCUT2D eigenvalue weighted by Crippen LogP contribution is -2.54. The van der Waals surface area contributed by atoms with Crippen molar-refractivity contribution in [2.45, 2.75) is 64.9 Å². The van der Waals surface area contributed by atoms with Crippen molar-refractivity contribution in [1.82, 2.24) is 0 Å². The number of esters is 1. The number of carbonyl (C=O) groups excluding carboxylic acids is 1. The van der Waals surface area contributed by atoms with E-state index >= 15 is 0 Å². The first-order chi connectivity index (χ1) is 9.64. The van der Waals surface area contributed by atoms with Crippen molar-refractivity contribution in [3.63, 3.8) is 0 Å². The van der Waals surface area contributed by atoms with Crippen LogP contribution in [0.1, 0.15) is 6.92 Å². The molecule has 8 heteroatoms. The summed E-state index contributed by atoms with van der Waals surface area (Å²) in [5.41, 5.74) is 0.323. The van der Waals surface area contributed by atoms with Gasteiger partial charge >= 0.3 is 14.5 Å². The molecular formula is C14H32O5Si3. The van der Waals surface area contributed by atoms with E-state index in [2.05, 4.69) is 45.9 Å². The van der Waals surface area contributed by atoms with Crippen LogP contribution in [0.4, 0.5) is 0 Å². The third-order valence-electron chi connectivity index (χ3n) is 2.41. The van der Waals surface area contributed by atoms with Crippen molar-refractivity contribution in [2.24, 2.45) is 0 Å². The summed E-state index contributed by atoms with van der Waals surface area (Å²) in [4.78, 5) is 11.4. The molecule has 0 saturated carbocycles. The van der Waals surface area contributed by atoms with E-state index in [1.807, 2.05) is 6.55 Å². The van der Waals surface area contributed by atoms with E-state index in [0.29, 0.717) is 11.6 Å². The fourth-order valence-electron chi connectivity index (χ4n) is 2.18. The lowest BCUT2D eigenvalue weighted by molar-refractivity contribution is -0.141. The Morgan fingerprint density at radius 3 is 1.77 bits per heavy atom. The molecule has 1 N–H and O–H groups in total. The van der Waals surface area contributed by atoms with Gasteiger partial charge < -0.3 is 18.1 Å². The summed E-state index contributed by atoms with van der Waals surface area (Å²) >= 11 is 0. The third-order valence-corrected chi connectivity index (χ3v) is 12.0. The largest absolute Gasteiger partial charge is 0.460 e. The van der Waals surface area contributed by atoms with E-state index in [4.69, 9.17) is 13.0 Å². The summed E-state index contributed by atoms with van der Waals surface area (Å²) in [7, 11) is -6.11. The normalized spacial score (nSPS) is 14.6. The van der Waals surface area contributed by atoms with Crippen LogP contribution in [0.15, 0.2) is 12.2 Å². The molecule has 0 aromatic rings. The van der Waals surface area contributed by atoms with Gasteiger partial charge in [0.1, 0.15) is 6.61 Å². The third kappa shape index (κ3) is 10.5. The van der Waals surface area contributed by atoms with Gasteiger partial charge in [-0.3, -0.25) is 0 Å². The second-order valence-electron chi connectivity index (χ2n) is 7.80. The monoisotopic (exact) mass is 364 g/mol. The second kappa shape index (κ2) is 8.02. The maximum atomic E-state index is 11.4. The van der Waals surface area contributed by atoms with E-state index in [0.717, 1.165) is 0 Å². The highest BCUT2D eigenvalue weighted by Gasteiger charge is 2.42. The van der Waals surface area contributed by atoms with Crippen molar-refractivity contribution in [2.75, 3.05) is 6.61 Å². The Morgan fingerprint density at radius 2 is 1.45 bits per heavy atom. The number of aliphatic hydroxyl groups is 1. The molecule has 0 aliphatic heterocycles. The Balaban J connectivity index is 4.83. The van der Waals surface area contributed by atoms with Gasteiger partial charge in [0.25, 0.3) is 0 Å². The number of rotatable bonds is 9. The van der Waals surface area contributed by atoms with Crippen LogP contribution in [0.2, 0.25) is 51.9 Å². The van der Waals surface area contributed by atoms with Gasteiger partial charge in [0.2, 0.25) is 0 Å². The van der Waals surface area contributed by atoms with Gasteiger partial charge in [0, 0.05) is 11.6 Å². The van der Waals surface area contributed by atoms with Crippen LogP contribution in [0.25, 0.3) is 0 Å². The molecule has 130 valence electrons. The van der Waals surface area contributed by atoms with Crippen LogP contribution in [0.5, 0.6) is 0 Å². The van der Waals surface area contributed by atoms with Crippen molar-refractivity contribution in [3.05, 3.63) is 12.2 Å². The minimum absolute atomic E-state index is 0.0571. The van der Waals surface area contributed by atoms with Gasteiger partial charge in [-0.2, -0.15) is 0 Å². The van der Waals surface area contributed by atoms with Gasteiger partial charge in [-0.1, -0.05) is 6.58 Å².